The third-order valence-electron chi connectivity index (χ3n) is 4.60. The van der Waals surface area contributed by atoms with Crippen molar-refractivity contribution in [2.24, 2.45) is 0 Å². The van der Waals surface area contributed by atoms with Crippen LogP contribution in [0.25, 0.3) is 0 Å². The van der Waals surface area contributed by atoms with Gasteiger partial charge in [-0.05, 0) is 36.2 Å². The molecule has 1 aliphatic heterocycles. The number of carbonyl (C=O) groups excluding carboxylic acids is 3. The second-order valence-corrected chi connectivity index (χ2v) is 8.43. The molecule has 152 valence electrons. The van der Waals surface area contributed by atoms with Gasteiger partial charge in [-0.25, -0.2) is 0 Å². The molecular weight excluding hydrogens is 410 g/mol. The molecule has 2 N–H and O–H groups in total. The lowest BCUT2D eigenvalue weighted by atomic mass is 10.1. The monoisotopic (exact) mass is 431 g/mol. The number of thioether (sulfide) groups is 1. The molecule has 0 fully saturated rings. The third-order valence-corrected chi connectivity index (χ3v) is 6.11. The lowest BCUT2D eigenvalue weighted by Gasteiger charge is -2.25. The van der Waals surface area contributed by atoms with Crippen molar-refractivity contribution in [3.8, 4) is 0 Å². The second-order valence-electron chi connectivity index (χ2n) is 6.75. The molecule has 0 spiro atoms. The number of fused-ring (bicyclic) bond motifs is 1. The SMILES string of the molecule is CCc1ccccc1NC(=O)CN(C)C(=O)C[C@@H]1Sc2ccc(Cl)cc2NC1=O. The van der Waals surface area contributed by atoms with Crippen LogP contribution >= 0.6 is 23.4 Å². The summed E-state index contributed by atoms with van der Waals surface area (Å²) in [7, 11) is 1.56. The number of likely N-dealkylation sites (N-methyl/N-ethyl adjacent to an activating group) is 1. The van der Waals surface area contributed by atoms with Crippen LogP contribution in [0.4, 0.5) is 11.4 Å². The Balaban J connectivity index is 1.57. The smallest absolute Gasteiger partial charge is 0.243 e. The minimum Gasteiger partial charge on any atom is -0.336 e. The number of amides is 3. The van der Waals surface area contributed by atoms with E-state index in [9.17, 15) is 14.4 Å². The number of hydrogen-bond donors (Lipinski definition) is 2. The highest BCUT2D eigenvalue weighted by Crippen LogP contribution is 2.38. The van der Waals surface area contributed by atoms with Crippen molar-refractivity contribution < 1.29 is 14.4 Å². The summed E-state index contributed by atoms with van der Waals surface area (Å²) in [5, 5.41) is 5.62. The van der Waals surface area contributed by atoms with Gasteiger partial charge in [0, 0.05) is 29.1 Å². The Kier molecular flexibility index (Phi) is 6.82. The molecule has 0 aliphatic carbocycles. The second kappa shape index (κ2) is 9.33. The lowest BCUT2D eigenvalue weighted by Crippen LogP contribution is -2.39. The zero-order valence-corrected chi connectivity index (χ0v) is 17.8. The topological polar surface area (TPSA) is 78.5 Å². The summed E-state index contributed by atoms with van der Waals surface area (Å²) in [6, 6.07) is 12.8. The zero-order valence-electron chi connectivity index (χ0n) is 16.2. The molecule has 3 amide bonds. The minimum atomic E-state index is -0.553. The summed E-state index contributed by atoms with van der Waals surface area (Å²) in [5.74, 6) is -0.788. The van der Waals surface area contributed by atoms with Crippen molar-refractivity contribution in [1.82, 2.24) is 4.90 Å². The number of halogens is 1. The normalized spacial score (nSPS) is 15.3. The van der Waals surface area contributed by atoms with Crippen LogP contribution in [0.2, 0.25) is 5.02 Å². The summed E-state index contributed by atoms with van der Waals surface area (Å²) >= 11 is 7.28. The number of anilines is 2. The molecule has 0 radical (unpaired) electrons. The van der Waals surface area contributed by atoms with E-state index in [0.717, 1.165) is 22.6 Å². The Morgan fingerprint density at radius 1 is 1.24 bits per heavy atom. The minimum absolute atomic E-state index is 0.00783. The van der Waals surface area contributed by atoms with E-state index in [2.05, 4.69) is 10.6 Å². The van der Waals surface area contributed by atoms with Gasteiger partial charge in [0.1, 0.15) is 0 Å². The number of para-hydroxylation sites is 1. The number of carbonyl (C=O) groups is 3. The fraction of sp³-hybridized carbons (Fsp3) is 0.286. The standard InChI is InChI=1S/C21H22ClN3O3S/c1-3-13-6-4-5-7-15(13)23-19(26)12-25(2)20(27)11-18-21(28)24-16-10-14(22)8-9-17(16)29-18/h4-10,18H,3,11-12H2,1-2H3,(H,23,26)(H,24,28)/t18-/m0/s1. The molecule has 2 aromatic rings. The van der Waals surface area contributed by atoms with E-state index >= 15 is 0 Å². The molecule has 1 heterocycles. The first-order valence-electron chi connectivity index (χ1n) is 9.26. The fourth-order valence-electron chi connectivity index (χ4n) is 3.02. The number of benzene rings is 2. The van der Waals surface area contributed by atoms with Crippen LogP contribution in [0.15, 0.2) is 47.4 Å². The van der Waals surface area contributed by atoms with E-state index in [1.807, 2.05) is 37.3 Å². The van der Waals surface area contributed by atoms with E-state index in [4.69, 9.17) is 11.6 Å². The summed E-state index contributed by atoms with van der Waals surface area (Å²) in [5.41, 5.74) is 2.43. The molecule has 8 heteroatoms. The third kappa shape index (κ3) is 5.31. The van der Waals surface area contributed by atoms with Gasteiger partial charge >= 0.3 is 0 Å². The summed E-state index contributed by atoms with van der Waals surface area (Å²) in [6.45, 7) is 1.93. The Hall–Kier alpha value is -2.51. The van der Waals surface area contributed by atoms with E-state index < -0.39 is 5.25 Å². The fourth-order valence-corrected chi connectivity index (χ4v) is 4.27. The molecule has 3 rings (SSSR count). The molecular formula is C21H22ClN3O3S. The van der Waals surface area contributed by atoms with Gasteiger partial charge in [-0.1, -0.05) is 36.7 Å². The molecule has 1 aliphatic rings. The van der Waals surface area contributed by atoms with Crippen LogP contribution in [0.5, 0.6) is 0 Å². The molecule has 0 unspecified atom stereocenters. The molecule has 29 heavy (non-hydrogen) atoms. The summed E-state index contributed by atoms with van der Waals surface area (Å²) < 4.78 is 0. The first-order valence-corrected chi connectivity index (χ1v) is 10.5. The maximum Gasteiger partial charge on any atom is 0.243 e. The van der Waals surface area contributed by atoms with E-state index in [0.29, 0.717) is 10.7 Å². The number of hydrogen-bond acceptors (Lipinski definition) is 4. The van der Waals surface area contributed by atoms with Crippen molar-refractivity contribution in [2.75, 3.05) is 24.2 Å². The van der Waals surface area contributed by atoms with Crippen LogP contribution in [0.1, 0.15) is 18.9 Å². The van der Waals surface area contributed by atoms with Gasteiger partial charge in [0.25, 0.3) is 0 Å². The van der Waals surface area contributed by atoms with Crippen molar-refractivity contribution in [1.29, 1.82) is 0 Å². The van der Waals surface area contributed by atoms with E-state index in [-0.39, 0.29) is 30.7 Å². The molecule has 0 aromatic heterocycles. The first kappa shape index (κ1) is 21.2. The highest BCUT2D eigenvalue weighted by molar-refractivity contribution is 8.01. The summed E-state index contributed by atoms with van der Waals surface area (Å²) in [4.78, 5) is 39.5. The van der Waals surface area contributed by atoms with Crippen LogP contribution in [-0.4, -0.2) is 41.5 Å². The highest BCUT2D eigenvalue weighted by Gasteiger charge is 2.30. The molecule has 2 aromatic carbocycles. The molecule has 0 saturated heterocycles. The number of rotatable bonds is 6. The van der Waals surface area contributed by atoms with Crippen LogP contribution in [-0.2, 0) is 20.8 Å². The molecule has 1 atom stereocenters. The zero-order chi connectivity index (χ0) is 21.0. The van der Waals surface area contributed by atoms with Crippen molar-refractivity contribution in [3.63, 3.8) is 0 Å². The van der Waals surface area contributed by atoms with Crippen molar-refractivity contribution >= 4 is 52.5 Å². The maximum atomic E-state index is 12.6. The van der Waals surface area contributed by atoms with Gasteiger partial charge in [-0.3, -0.25) is 14.4 Å². The van der Waals surface area contributed by atoms with Crippen LogP contribution < -0.4 is 10.6 Å². The van der Waals surface area contributed by atoms with Gasteiger partial charge in [-0.2, -0.15) is 0 Å². The number of nitrogens with one attached hydrogen (secondary N) is 2. The van der Waals surface area contributed by atoms with Gasteiger partial charge < -0.3 is 15.5 Å². The number of aryl methyl sites for hydroxylation is 1. The van der Waals surface area contributed by atoms with Crippen LogP contribution in [0.3, 0.4) is 0 Å². The van der Waals surface area contributed by atoms with E-state index in [1.54, 1.807) is 19.2 Å². The van der Waals surface area contributed by atoms with Gasteiger partial charge in [0.05, 0.1) is 17.5 Å². The molecule has 0 saturated carbocycles. The average Bonchev–Trinajstić information content (AvgIpc) is 2.69. The van der Waals surface area contributed by atoms with Gasteiger partial charge in [0.2, 0.25) is 17.7 Å². The van der Waals surface area contributed by atoms with E-state index in [1.165, 1.54) is 16.7 Å². The predicted octanol–water partition coefficient (Wildman–Crippen LogP) is 3.80. The maximum absolute atomic E-state index is 12.6. The van der Waals surface area contributed by atoms with Crippen molar-refractivity contribution in [2.45, 2.75) is 29.9 Å². The highest BCUT2D eigenvalue weighted by atomic mass is 35.5. The first-order chi connectivity index (χ1) is 13.9. The predicted molar refractivity (Wildman–Crippen MR) is 116 cm³/mol. The van der Waals surface area contributed by atoms with Crippen molar-refractivity contribution in [3.05, 3.63) is 53.1 Å². The summed E-state index contributed by atoms with van der Waals surface area (Å²) in [6.07, 6.45) is 0.805. The lowest BCUT2D eigenvalue weighted by molar-refractivity contribution is -0.134. The number of nitrogens with zero attached hydrogens (tertiary/aromatic N) is 1. The Labute approximate surface area is 179 Å². The van der Waals surface area contributed by atoms with Crippen LogP contribution in [0, 0.1) is 0 Å². The molecule has 6 nitrogen and oxygen atoms in total. The quantitative estimate of drug-likeness (QED) is 0.729. The van der Waals surface area contributed by atoms with Gasteiger partial charge in [0.15, 0.2) is 0 Å². The molecule has 0 bridgehead atoms. The largest absolute Gasteiger partial charge is 0.336 e. The van der Waals surface area contributed by atoms with Gasteiger partial charge in [-0.15, -0.1) is 11.8 Å². The Morgan fingerprint density at radius 2 is 2.00 bits per heavy atom. The Bertz CT molecular complexity index is 951. The average molecular weight is 432 g/mol. The Morgan fingerprint density at radius 3 is 2.76 bits per heavy atom.